The third-order valence-corrected chi connectivity index (χ3v) is 6.14. The molecule has 172 valence electrons. The zero-order chi connectivity index (χ0) is 23.7. The Labute approximate surface area is 191 Å². The average molecular weight is 450 g/mol. The number of esters is 1. The van der Waals surface area contributed by atoms with Crippen molar-refractivity contribution in [3.63, 3.8) is 0 Å². The first-order chi connectivity index (χ1) is 15.8. The predicted molar refractivity (Wildman–Crippen MR) is 119 cm³/mol. The maximum Gasteiger partial charge on any atom is 0.338 e. The SMILES string of the molecule is C=CCN1C(=O)c2ccc(C(=O)OCC(=O)c3cc(C)n(CC4CCCO4)c3C)cc2C1=O. The van der Waals surface area contributed by atoms with Crippen molar-refractivity contribution in [1.82, 2.24) is 9.47 Å². The molecule has 0 bridgehead atoms. The van der Waals surface area contributed by atoms with Crippen molar-refractivity contribution in [2.24, 2.45) is 0 Å². The summed E-state index contributed by atoms with van der Waals surface area (Å²) in [5.41, 5.74) is 2.74. The summed E-state index contributed by atoms with van der Waals surface area (Å²) in [6.45, 7) is 8.47. The van der Waals surface area contributed by atoms with Crippen LogP contribution in [0.5, 0.6) is 0 Å². The molecule has 33 heavy (non-hydrogen) atoms. The van der Waals surface area contributed by atoms with E-state index < -0.39 is 24.4 Å². The van der Waals surface area contributed by atoms with Crippen molar-refractivity contribution in [3.05, 3.63) is 70.6 Å². The maximum atomic E-state index is 12.8. The summed E-state index contributed by atoms with van der Waals surface area (Å²) in [4.78, 5) is 51.1. The molecule has 1 saturated heterocycles. The van der Waals surface area contributed by atoms with E-state index >= 15 is 0 Å². The molecule has 4 rings (SSSR count). The molecule has 2 aliphatic heterocycles. The quantitative estimate of drug-likeness (QED) is 0.265. The van der Waals surface area contributed by atoms with Gasteiger partial charge in [-0.25, -0.2) is 4.79 Å². The van der Waals surface area contributed by atoms with E-state index in [0.717, 1.165) is 35.7 Å². The van der Waals surface area contributed by atoms with Crippen LogP contribution in [0.2, 0.25) is 0 Å². The minimum atomic E-state index is -0.735. The number of benzene rings is 1. The fraction of sp³-hybridized carbons (Fsp3) is 0.360. The van der Waals surface area contributed by atoms with E-state index in [1.807, 2.05) is 13.8 Å². The number of rotatable bonds is 8. The largest absolute Gasteiger partial charge is 0.454 e. The third kappa shape index (κ3) is 4.26. The first kappa shape index (κ1) is 22.7. The van der Waals surface area contributed by atoms with Gasteiger partial charge in [-0.2, -0.15) is 0 Å². The van der Waals surface area contributed by atoms with Gasteiger partial charge in [-0.05, 0) is 51.0 Å². The molecule has 2 aromatic rings. The number of carbonyl (C=O) groups is 4. The smallest absolute Gasteiger partial charge is 0.338 e. The zero-order valence-electron chi connectivity index (χ0n) is 18.8. The van der Waals surface area contributed by atoms with E-state index in [9.17, 15) is 19.2 Å². The molecule has 1 fully saturated rings. The summed E-state index contributed by atoms with van der Waals surface area (Å²) in [7, 11) is 0. The second-order valence-corrected chi connectivity index (χ2v) is 8.30. The number of fused-ring (bicyclic) bond motifs is 1. The summed E-state index contributed by atoms with van der Waals surface area (Å²) >= 11 is 0. The van der Waals surface area contributed by atoms with Gasteiger partial charge in [-0.15, -0.1) is 6.58 Å². The molecule has 8 heteroatoms. The molecular weight excluding hydrogens is 424 g/mol. The van der Waals surface area contributed by atoms with Crippen molar-refractivity contribution in [1.29, 1.82) is 0 Å². The molecule has 0 radical (unpaired) electrons. The van der Waals surface area contributed by atoms with Gasteiger partial charge >= 0.3 is 5.97 Å². The highest BCUT2D eigenvalue weighted by atomic mass is 16.5. The monoisotopic (exact) mass is 450 g/mol. The fourth-order valence-corrected chi connectivity index (χ4v) is 4.36. The number of imide groups is 1. The summed E-state index contributed by atoms with van der Waals surface area (Å²) in [5, 5.41) is 0. The van der Waals surface area contributed by atoms with Gasteiger partial charge in [0.1, 0.15) is 0 Å². The van der Waals surface area contributed by atoms with Gasteiger partial charge in [0.15, 0.2) is 6.61 Å². The molecule has 0 saturated carbocycles. The van der Waals surface area contributed by atoms with Crippen LogP contribution < -0.4 is 0 Å². The van der Waals surface area contributed by atoms with Gasteiger partial charge in [-0.1, -0.05) is 6.08 Å². The van der Waals surface area contributed by atoms with Crippen LogP contribution in [-0.2, 0) is 16.0 Å². The number of aryl methyl sites for hydroxylation is 1. The minimum absolute atomic E-state index is 0.0892. The Morgan fingerprint density at radius 2 is 1.94 bits per heavy atom. The molecule has 8 nitrogen and oxygen atoms in total. The Kier molecular flexibility index (Phi) is 6.29. The standard InChI is InChI=1S/C25H26N2O6/c1-4-9-26-23(29)19-8-7-17(12-21(19)24(26)30)25(31)33-14-22(28)20-11-15(2)27(16(20)3)13-18-6-5-10-32-18/h4,7-8,11-12,18H,1,5-6,9-10,13-14H2,2-3H3. The molecule has 2 amide bonds. The van der Waals surface area contributed by atoms with E-state index in [-0.39, 0.29) is 35.1 Å². The summed E-state index contributed by atoms with van der Waals surface area (Å²) in [5.74, 6) is -1.95. The minimum Gasteiger partial charge on any atom is -0.454 e. The summed E-state index contributed by atoms with van der Waals surface area (Å²) in [6, 6.07) is 5.98. The number of carbonyl (C=O) groups excluding carboxylic acids is 4. The number of amides is 2. The topological polar surface area (TPSA) is 94.9 Å². The van der Waals surface area contributed by atoms with Gasteiger partial charge < -0.3 is 14.0 Å². The average Bonchev–Trinajstić information content (AvgIpc) is 3.48. The fourth-order valence-electron chi connectivity index (χ4n) is 4.36. The highest BCUT2D eigenvalue weighted by Gasteiger charge is 2.35. The Morgan fingerprint density at radius 1 is 1.18 bits per heavy atom. The predicted octanol–water partition coefficient (Wildman–Crippen LogP) is 3.11. The molecule has 1 aromatic carbocycles. The molecular formula is C25H26N2O6. The van der Waals surface area contributed by atoms with Gasteiger partial charge in [0.25, 0.3) is 11.8 Å². The van der Waals surface area contributed by atoms with Gasteiger partial charge in [0, 0.05) is 36.6 Å². The Morgan fingerprint density at radius 3 is 2.64 bits per heavy atom. The summed E-state index contributed by atoms with van der Waals surface area (Å²) < 4.78 is 13.0. The van der Waals surface area contributed by atoms with Crippen molar-refractivity contribution in [2.45, 2.75) is 39.3 Å². The molecule has 0 spiro atoms. The first-order valence-corrected chi connectivity index (χ1v) is 10.9. The van der Waals surface area contributed by atoms with Crippen LogP contribution in [-0.4, -0.2) is 58.9 Å². The molecule has 0 aliphatic carbocycles. The highest BCUT2D eigenvalue weighted by molar-refractivity contribution is 6.22. The second kappa shape index (κ2) is 9.15. The lowest BCUT2D eigenvalue weighted by atomic mass is 10.1. The van der Waals surface area contributed by atoms with Crippen LogP contribution in [0, 0.1) is 13.8 Å². The van der Waals surface area contributed by atoms with E-state index in [0.29, 0.717) is 12.1 Å². The lowest BCUT2D eigenvalue weighted by Crippen LogP contribution is -2.29. The van der Waals surface area contributed by atoms with Crippen LogP contribution in [0.15, 0.2) is 36.9 Å². The van der Waals surface area contributed by atoms with Crippen LogP contribution in [0.4, 0.5) is 0 Å². The third-order valence-electron chi connectivity index (χ3n) is 6.14. The number of aromatic nitrogens is 1. The van der Waals surface area contributed by atoms with Crippen molar-refractivity contribution < 1.29 is 28.7 Å². The van der Waals surface area contributed by atoms with Crippen LogP contribution in [0.1, 0.15) is 65.7 Å². The van der Waals surface area contributed by atoms with Crippen molar-refractivity contribution in [2.75, 3.05) is 19.8 Å². The molecule has 3 heterocycles. The number of Topliss-reactive ketones (excluding diaryl/α,β-unsaturated/α-hetero) is 1. The number of nitrogens with zero attached hydrogens (tertiary/aromatic N) is 2. The molecule has 1 aromatic heterocycles. The van der Waals surface area contributed by atoms with Crippen LogP contribution >= 0.6 is 0 Å². The number of hydrogen-bond acceptors (Lipinski definition) is 6. The maximum absolute atomic E-state index is 12.8. The zero-order valence-corrected chi connectivity index (χ0v) is 18.8. The Balaban J connectivity index is 1.43. The van der Waals surface area contributed by atoms with Gasteiger partial charge in [-0.3, -0.25) is 19.3 Å². The van der Waals surface area contributed by atoms with E-state index in [1.165, 1.54) is 24.3 Å². The number of ether oxygens (including phenoxy) is 2. The highest BCUT2D eigenvalue weighted by Crippen LogP contribution is 2.25. The Bertz CT molecular complexity index is 1160. The molecule has 0 N–H and O–H groups in total. The molecule has 1 unspecified atom stereocenters. The Hall–Kier alpha value is -3.52. The summed E-state index contributed by atoms with van der Waals surface area (Å²) in [6.07, 6.45) is 3.64. The lowest BCUT2D eigenvalue weighted by Gasteiger charge is -2.14. The van der Waals surface area contributed by atoms with E-state index in [4.69, 9.17) is 9.47 Å². The van der Waals surface area contributed by atoms with Crippen LogP contribution in [0.25, 0.3) is 0 Å². The van der Waals surface area contributed by atoms with Crippen LogP contribution in [0.3, 0.4) is 0 Å². The first-order valence-electron chi connectivity index (χ1n) is 10.9. The normalized spacial score (nSPS) is 17.4. The second-order valence-electron chi connectivity index (χ2n) is 8.30. The van der Waals surface area contributed by atoms with E-state index in [2.05, 4.69) is 11.1 Å². The number of hydrogen-bond donors (Lipinski definition) is 0. The molecule has 1 atom stereocenters. The van der Waals surface area contributed by atoms with Crippen molar-refractivity contribution >= 4 is 23.6 Å². The molecule has 2 aliphatic rings. The lowest BCUT2D eigenvalue weighted by molar-refractivity contribution is 0.0474. The van der Waals surface area contributed by atoms with Gasteiger partial charge in [0.05, 0.1) is 22.8 Å². The van der Waals surface area contributed by atoms with Crippen molar-refractivity contribution in [3.8, 4) is 0 Å². The number of ketones is 1. The van der Waals surface area contributed by atoms with E-state index in [1.54, 1.807) is 6.07 Å². The van der Waals surface area contributed by atoms with Gasteiger partial charge in [0.2, 0.25) is 5.78 Å².